The van der Waals surface area contributed by atoms with Crippen LogP contribution >= 0.6 is 0 Å². The smallest absolute Gasteiger partial charge is 0.148 e. The molecule has 0 atom stereocenters. The van der Waals surface area contributed by atoms with Crippen LogP contribution in [0.2, 0.25) is 0 Å². The van der Waals surface area contributed by atoms with Gasteiger partial charge in [0.25, 0.3) is 0 Å². The molecule has 2 rings (SSSR count). The summed E-state index contributed by atoms with van der Waals surface area (Å²) in [6.45, 7) is 0. The zero-order chi connectivity index (χ0) is 10.8. The number of methoxy groups -OCH3 is 1. The van der Waals surface area contributed by atoms with Crippen LogP contribution in [0, 0.1) is 0 Å². The Balaban J connectivity index is 2.41. The number of aromatic nitrogens is 2. The quantitative estimate of drug-likeness (QED) is 0.766. The Bertz CT molecular complexity index is 461. The van der Waals surface area contributed by atoms with Crippen LogP contribution in [0.5, 0.6) is 5.75 Å². The summed E-state index contributed by atoms with van der Waals surface area (Å²) < 4.78 is 6.63. The van der Waals surface area contributed by atoms with Gasteiger partial charge in [-0.2, -0.15) is 0 Å². The summed E-state index contributed by atoms with van der Waals surface area (Å²) >= 11 is 0. The van der Waals surface area contributed by atoms with Crippen LogP contribution < -0.4 is 16.2 Å². The molecule has 1 heterocycles. The average molecular weight is 204 g/mol. The molecule has 0 fully saturated rings. The van der Waals surface area contributed by atoms with Crippen LogP contribution in [-0.2, 0) is 0 Å². The summed E-state index contributed by atoms with van der Waals surface area (Å²) in [5.74, 6) is 1.71. The fourth-order valence-corrected chi connectivity index (χ4v) is 1.34. The number of nitrogens with two attached hydrogens (primary N) is 2. The van der Waals surface area contributed by atoms with Crippen molar-refractivity contribution in [3.05, 3.63) is 30.3 Å². The molecule has 0 saturated carbocycles. The van der Waals surface area contributed by atoms with Gasteiger partial charge in [0.1, 0.15) is 17.4 Å². The van der Waals surface area contributed by atoms with Crippen molar-refractivity contribution < 1.29 is 4.74 Å². The van der Waals surface area contributed by atoms with Crippen molar-refractivity contribution in [2.75, 3.05) is 18.6 Å². The van der Waals surface area contributed by atoms with Crippen LogP contribution in [0.1, 0.15) is 0 Å². The standard InChI is InChI=1S/C10H12N4O/c1-15-8-4-2-7(3-5-8)14-10(12)6-9(11)13-14/h2-6H,12H2,1H3,(H2,11,13). The highest BCUT2D eigenvalue weighted by atomic mass is 16.5. The van der Waals surface area contributed by atoms with Crippen LogP contribution in [0.3, 0.4) is 0 Å². The third kappa shape index (κ3) is 1.71. The summed E-state index contributed by atoms with van der Waals surface area (Å²) in [5, 5.41) is 4.06. The van der Waals surface area contributed by atoms with Gasteiger partial charge in [0.2, 0.25) is 0 Å². The topological polar surface area (TPSA) is 79.1 Å². The maximum Gasteiger partial charge on any atom is 0.148 e. The Kier molecular flexibility index (Phi) is 2.21. The predicted molar refractivity (Wildman–Crippen MR) is 58.9 cm³/mol. The van der Waals surface area contributed by atoms with Crippen molar-refractivity contribution in [1.82, 2.24) is 9.78 Å². The van der Waals surface area contributed by atoms with E-state index in [0.29, 0.717) is 11.6 Å². The SMILES string of the molecule is COc1ccc(-n2nc(N)cc2N)cc1. The fourth-order valence-electron chi connectivity index (χ4n) is 1.34. The van der Waals surface area contributed by atoms with Crippen molar-refractivity contribution in [2.24, 2.45) is 0 Å². The zero-order valence-corrected chi connectivity index (χ0v) is 8.34. The highest BCUT2D eigenvalue weighted by Crippen LogP contribution is 2.18. The van der Waals surface area contributed by atoms with Crippen molar-refractivity contribution in [2.45, 2.75) is 0 Å². The largest absolute Gasteiger partial charge is 0.497 e. The second-order valence-electron chi connectivity index (χ2n) is 3.10. The first-order valence-corrected chi connectivity index (χ1v) is 4.46. The lowest BCUT2D eigenvalue weighted by atomic mass is 10.3. The molecule has 0 aliphatic heterocycles. The highest BCUT2D eigenvalue weighted by Gasteiger charge is 2.04. The van der Waals surface area contributed by atoms with Gasteiger partial charge in [-0.15, -0.1) is 5.10 Å². The van der Waals surface area contributed by atoms with Gasteiger partial charge < -0.3 is 16.2 Å². The molecule has 1 aromatic heterocycles. The minimum Gasteiger partial charge on any atom is -0.497 e. The van der Waals surface area contributed by atoms with E-state index >= 15 is 0 Å². The third-order valence-corrected chi connectivity index (χ3v) is 2.07. The van der Waals surface area contributed by atoms with E-state index in [1.54, 1.807) is 17.9 Å². The van der Waals surface area contributed by atoms with E-state index in [1.165, 1.54) is 0 Å². The number of benzene rings is 1. The Morgan fingerprint density at radius 1 is 1.20 bits per heavy atom. The molecule has 15 heavy (non-hydrogen) atoms. The molecule has 78 valence electrons. The minimum absolute atomic E-state index is 0.406. The molecule has 0 amide bonds. The number of rotatable bonds is 2. The van der Waals surface area contributed by atoms with Crippen molar-refractivity contribution >= 4 is 11.6 Å². The Labute approximate surface area is 87.3 Å². The number of hydrogen-bond donors (Lipinski definition) is 2. The Hall–Kier alpha value is -2.17. The van der Waals surface area contributed by atoms with Crippen LogP contribution in [0.15, 0.2) is 30.3 Å². The van der Waals surface area contributed by atoms with Gasteiger partial charge in [-0.3, -0.25) is 0 Å². The van der Waals surface area contributed by atoms with Crippen molar-refractivity contribution in [3.8, 4) is 11.4 Å². The van der Waals surface area contributed by atoms with Gasteiger partial charge in [0.05, 0.1) is 12.8 Å². The molecular formula is C10H12N4O. The Morgan fingerprint density at radius 3 is 2.33 bits per heavy atom. The van der Waals surface area contributed by atoms with Gasteiger partial charge >= 0.3 is 0 Å². The second-order valence-corrected chi connectivity index (χ2v) is 3.10. The monoisotopic (exact) mass is 204 g/mol. The molecule has 0 unspecified atom stereocenters. The fraction of sp³-hybridized carbons (Fsp3) is 0.100. The lowest BCUT2D eigenvalue weighted by Gasteiger charge is -2.04. The van der Waals surface area contributed by atoms with Crippen LogP contribution in [-0.4, -0.2) is 16.9 Å². The van der Waals surface area contributed by atoms with E-state index in [4.69, 9.17) is 16.2 Å². The lowest BCUT2D eigenvalue weighted by molar-refractivity contribution is 0.414. The molecule has 4 N–H and O–H groups in total. The summed E-state index contributed by atoms with van der Waals surface area (Å²) in [6, 6.07) is 9.02. The number of anilines is 2. The predicted octanol–water partition coefficient (Wildman–Crippen LogP) is 1.05. The molecule has 5 heteroatoms. The lowest BCUT2D eigenvalue weighted by Crippen LogP contribution is -2.01. The Morgan fingerprint density at radius 2 is 1.87 bits per heavy atom. The van der Waals surface area contributed by atoms with Crippen molar-refractivity contribution in [1.29, 1.82) is 0 Å². The third-order valence-electron chi connectivity index (χ3n) is 2.07. The van der Waals surface area contributed by atoms with Crippen LogP contribution in [0.25, 0.3) is 5.69 Å². The molecule has 5 nitrogen and oxygen atoms in total. The number of nitrogen functional groups attached to an aromatic ring is 2. The minimum atomic E-state index is 0.406. The van der Waals surface area contributed by atoms with E-state index in [1.807, 2.05) is 24.3 Å². The maximum atomic E-state index is 5.73. The van der Waals surface area contributed by atoms with Crippen molar-refractivity contribution in [3.63, 3.8) is 0 Å². The van der Waals surface area contributed by atoms with Gasteiger partial charge in [-0.05, 0) is 24.3 Å². The van der Waals surface area contributed by atoms with Gasteiger partial charge in [-0.1, -0.05) is 0 Å². The average Bonchev–Trinajstić information content (AvgIpc) is 2.58. The molecular weight excluding hydrogens is 192 g/mol. The van der Waals surface area contributed by atoms with Crippen LogP contribution in [0.4, 0.5) is 11.6 Å². The van der Waals surface area contributed by atoms with E-state index in [-0.39, 0.29) is 0 Å². The molecule has 0 aliphatic rings. The molecule has 0 spiro atoms. The first-order chi connectivity index (χ1) is 7.20. The number of hydrogen-bond acceptors (Lipinski definition) is 4. The summed E-state index contributed by atoms with van der Waals surface area (Å²) in [5.41, 5.74) is 12.1. The van der Waals surface area contributed by atoms with Gasteiger partial charge in [-0.25, -0.2) is 4.68 Å². The molecule has 2 aromatic rings. The highest BCUT2D eigenvalue weighted by molar-refractivity contribution is 5.49. The normalized spacial score (nSPS) is 10.2. The first kappa shape index (κ1) is 9.39. The number of nitrogens with zero attached hydrogens (tertiary/aromatic N) is 2. The van der Waals surface area contributed by atoms with Gasteiger partial charge in [0.15, 0.2) is 0 Å². The summed E-state index contributed by atoms with van der Waals surface area (Å²) in [7, 11) is 1.62. The van der Waals surface area contributed by atoms with E-state index in [9.17, 15) is 0 Å². The molecule has 1 aromatic carbocycles. The van der Waals surface area contributed by atoms with E-state index < -0.39 is 0 Å². The molecule has 0 saturated heterocycles. The zero-order valence-electron chi connectivity index (χ0n) is 8.34. The van der Waals surface area contributed by atoms with E-state index in [2.05, 4.69) is 5.10 Å². The van der Waals surface area contributed by atoms with E-state index in [0.717, 1.165) is 11.4 Å². The first-order valence-electron chi connectivity index (χ1n) is 4.46. The molecule has 0 aliphatic carbocycles. The summed E-state index contributed by atoms with van der Waals surface area (Å²) in [6.07, 6.45) is 0. The molecule has 0 radical (unpaired) electrons. The maximum absolute atomic E-state index is 5.73. The molecule has 0 bridgehead atoms. The van der Waals surface area contributed by atoms with Gasteiger partial charge in [0, 0.05) is 6.07 Å². The number of ether oxygens (including phenoxy) is 1. The second kappa shape index (κ2) is 3.53. The summed E-state index contributed by atoms with van der Waals surface area (Å²) in [4.78, 5) is 0.